The molecule has 0 saturated carbocycles. The van der Waals surface area contributed by atoms with Gasteiger partial charge in [-0.3, -0.25) is 9.69 Å². The van der Waals surface area contributed by atoms with Crippen LogP contribution in [-0.4, -0.2) is 29.6 Å². The quantitative estimate of drug-likeness (QED) is 0.439. The van der Waals surface area contributed by atoms with Crippen molar-refractivity contribution in [2.24, 2.45) is 0 Å². The zero-order valence-corrected chi connectivity index (χ0v) is 16.3. The number of amides is 1. The van der Waals surface area contributed by atoms with E-state index in [2.05, 4.69) is 18.5 Å². The summed E-state index contributed by atoms with van der Waals surface area (Å²) in [5.41, 5.74) is 0.831. The van der Waals surface area contributed by atoms with E-state index in [4.69, 9.17) is 11.6 Å². The number of nitrogens with one attached hydrogen (secondary N) is 1. The Balaban J connectivity index is 1.99. The first-order valence-electron chi connectivity index (χ1n) is 7.82. The average molecular weight is 393 g/mol. The van der Waals surface area contributed by atoms with Gasteiger partial charge in [0, 0.05) is 28.6 Å². The third-order valence-corrected chi connectivity index (χ3v) is 5.57. The van der Waals surface area contributed by atoms with Crippen molar-refractivity contribution >= 4 is 46.3 Å². The van der Waals surface area contributed by atoms with E-state index in [0.717, 1.165) is 25.5 Å². The second-order valence-electron chi connectivity index (χ2n) is 5.31. The number of carbonyl (C=O) groups is 1. The lowest BCUT2D eigenvalue weighted by Crippen LogP contribution is -2.32. The van der Waals surface area contributed by atoms with Gasteiger partial charge in [0.1, 0.15) is 0 Å². The molecule has 3 nitrogen and oxygen atoms in total. The van der Waals surface area contributed by atoms with Gasteiger partial charge < -0.3 is 5.32 Å². The molecule has 0 atom stereocenters. The third kappa shape index (κ3) is 6.71. The maximum Gasteiger partial charge on any atom is 0.238 e. The van der Waals surface area contributed by atoms with Crippen molar-refractivity contribution in [2.45, 2.75) is 11.4 Å². The van der Waals surface area contributed by atoms with Gasteiger partial charge in [0.2, 0.25) is 5.91 Å². The van der Waals surface area contributed by atoms with Gasteiger partial charge in [-0.05, 0) is 24.3 Å². The van der Waals surface area contributed by atoms with Gasteiger partial charge in [-0.1, -0.05) is 35.9 Å². The molecule has 1 heterocycles. The molecule has 0 unspecified atom stereocenters. The lowest BCUT2D eigenvalue weighted by molar-refractivity contribution is -0.117. The van der Waals surface area contributed by atoms with Crippen LogP contribution in [0.25, 0.3) is 0 Å². The van der Waals surface area contributed by atoms with Gasteiger partial charge in [0.15, 0.2) is 0 Å². The van der Waals surface area contributed by atoms with E-state index in [0.29, 0.717) is 19.6 Å². The fraction of sp³-hybridized carbons (Fsp3) is 0.211. The van der Waals surface area contributed by atoms with Crippen molar-refractivity contribution < 1.29 is 4.79 Å². The number of carbonyl (C=O) groups excluding carboxylic acids is 1. The molecule has 0 bridgehead atoms. The minimum Gasteiger partial charge on any atom is -0.324 e. The van der Waals surface area contributed by atoms with Crippen molar-refractivity contribution in [3.05, 3.63) is 70.9 Å². The number of anilines is 1. The van der Waals surface area contributed by atoms with Crippen molar-refractivity contribution in [3.63, 3.8) is 0 Å². The second-order valence-corrected chi connectivity index (χ2v) is 8.17. The van der Waals surface area contributed by atoms with Gasteiger partial charge in [0.25, 0.3) is 0 Å². The monoisotopic (exact) mass is 392 g/mol. The fourth-order valence-electron chi connectivity index (χ4n) is 2.26. The summed E-state index contributed by atoms with van der Waals surface area (Å²) in [6.07, 6.45) is 3.65. The van der Waals surface area contributed by atoms with Gasteiger partial charge in [-0.25, -0.2) is 0 Å². The van der Waals surface area contributed by atoms with Crippen LogP contribution in [-0.2, 0) is 11.3 Å². The lowest BCUT2D eigenvalue weighted by Gasteiger charge is -2.20. The Morgan fingerprint density at radius 2 is 2.04 bits per heavy atom. The highest BCUT2D eigenvalue weighted by atomic mass is 35.5. The molecule has 0 fully saturated rings. The maximum atomic E-state index is 12.5. The number of benzene rings is 1. The molecule has 0 aliphatic carbocycles. The van der Waals surface area contributed by atoms with Gasteiger partial charge in [-0.2, -0.15) is 0 Å². The number of rotatable bonds is 10. The largest absolute Gasteiger partial charge is 0.324 e. The van der Waals surface area contributed by atoms with E-state index in [-0.39, 0.29) is 5.91 Å². The van der Waals surface area contributed by atoms with E-state index >= 15 is 0 Å². The van der Waals surface area contributed by atoms with Crippen LogP contribution in [0.5, 0.6) is 0 Å². The summed E-state index contributed by atoms with van der Waals surface area (Å²) in [7, 11) is 0. The molecule has 2 rings (SSSR count). The molecule has 0 saturated heterocycles. The average Bonchev–Trinajstić information content (AvgIpc) is 2.99. The Morgan fingerprint density at radius 1 is 1.24 bits per heavy atom. The second kappa shape index (κ2) is 10.5. The summed E-state index contributed by atoms with van der Waals surface area (Å²) >= 11 is 9.16. The van der Waals surface area contributed by atoms with Crippen LogP contribution in [0.15, 0.2) is 66.6 Å². The van der Waals surface area contributed by atoms with Crippen molar-refractivity contribution in [3.8, 4) is 0 Å². The highest BCUT2D eigenvalue weighted by molar-refractivity contribution is 7.99. The van der Waals surface area contributed by atoms with E-state index in [9.17, 15) is 4.79 Å². The number of thiophene rings is 1. The minimum atomic E-state index is -0.0452. The summed E-state index contributed by atoms with van der Waals surface area (Å²) in [5, 5.41) is 3.01. The number of para-hydroxylation sites is 1. The molecule has 132 valence electrons. The van der Waals surface area contributed by atoms with Crippen LogP contribution in [0.2, 0.25) is 4.34 Å². The first-order valence-corrected chi connectivity index (χ1v) is 10.0. The molecule has 0 aliphatic rings. The first-order chi connectivity index (χ1) is 12.1. The Hall–Kier alpha value is -1.53. The molecule has 1 N–H and O–H groups in total. The molecule has 1 aromatic carbocycles. The number of hydrogen-bond donors (Lipinski definition) is 1. The van der Waals surface area contributed by atoms with Crippen molar-refractivity contribution in [1.82, 2.24) is 4.90 Å². The maximum absolute atomic E-state index is 12.5. The number of halogens is 1. The van der Waals surface area contributed by atoms with Gasteiger partial charge in [0.05, 0.1) is 16.6 Å². The summed E-state index contributed by atoms with van der Waals surface area (Å²) in [4.78, 5) is 16.7. The lowest BCUT2D eigenvalue weighted by atomic mass is 10.3. The Labute approximate surface area is 162 Å². The van der Waals surface area contributed by atoms with E-state index in [1.807, 2.05) is 47.4 Å². The Bertz CT molecular complexity index is 730. The van der Waals surface area contributed by atoms with Crippen molar-refractivity contribution in [2.75, 3.05) is 24.2 Å². The van der Waals surface area contributed by atoms with Crippen LogP contribution < -0.4 is 5.32 Å². The fourth-order valence-corrected chi connectivity index (χ4v) is 4.14. The standard InChI is InChI=1S/C19H21ClN2OS2/c1-3-11-22(13-15-9-10-18(20)25-15)14-19(23)21-16-7-5-6-8-17(16)24-12-4-2/h3-10H,1-2,11-14H2,(H,21,23). The molecule has 1 amide bonds. The smallest absolute Gasteiger partial charge is 0.238 e. The third-order valence-electron chi connectivity index (χ3n) is 3.28. The predicted molar refractivity (Wildman–Crippen MR) is 111 cm³/mol. The van der Waals surface area contributed by atoms with Gasteiger partial charge in [-0.15, -0.1) is 36.3 Å². The summed E-state index contributed by atoms with van der Waals surface area (Å²) in [6, 6.07) is 11.7. The molecular weight excluding hydrogens is 372 g/mol. The molecule has 25 heavy (non-hydrogen) atoms. The van der Waals surface area contributed by atoms with Crippen LogP contribution in [0.4, 0.5) is 5.69 Å². The molecular formula is C19H21ClN2OS2. The molecule has 0 radical (unpaired) electrons. The van der Waals surface area contributed by atoms with E-state index in [1.165, 1.54) is 11.3 Å². The Kier molecular flexibility index (Phi) is 8.28. The highest BCUT2D eigenvalue weighted by Gasteiger charge is 2.13. The first kappa shape index (κ1) is 19.8. The Morgan fingerprint density at radius 3 is 2.72 bits per heavy atom. The summed E-state index contributed by atoms with van der Waals surface area (Å²) in [5.74, 6) is 0.755. The zero-order valence-electron chi connectivity index (χ0n) is 13.9. The zero-order chi connectivity index (χ0) is 18.1. The summed E-state index contributed by atoms with van der Waals surface area (Å²) < 4.78 is 0.756. The minimum absolute atomic E-state index is 0.0452. The van der Waals surface area contributed by atoms with E-state index < -0.39 is 0 Å². The van der Waals surface area contributed by atoms with Crippen LogP contribution in [0.3, 0.4) is 0 Å². The molecule has 0 aliphatic heterocycles. The SMILES string of the molecule is C=CCSc1ccccc1NC(=O)CN(CC=C)Cc1ccc(Cl)s1. The number of nitrogens with zero attached hydrogens (tertiary/aromatic N) is 1. The highest BCUT2D eigenvalue weighted by Crippen LogP contribution is 2.27. The normalized spacial score (nSPS) is 10.6. The molecule has 2 aromatic rings. The van der Waals surface area contributed by atoms with Gasteiger partial charge >= 0.3 is 0 Å². The van der Waals surface area contributed by atoms with Crippen LogP contribution >= 0.6 is 34.7 Å². The molecule has 0 spiro atoms. The predicted octanol–water partition coefficient (Wildman–Crippen LogP) is 5.31. The van der Waals surface area contributed by atoms with E-state index in [1.54, 1.807) is 17.8 Å². The van der Waals surface area contributed by atoms with Crippen LogP contribution in [0, 0.1) is 0 Å². The van der Waals surface area contributed by atoms with Crippen LogP contribution in [0.1, 0.15) is 4.88 Å². The number of hydrogen-bond acceptors (Lipinski definition) is 4. The van der Waals surface area contributed by atoms with Crippen molar-refractivity contribution in [1.29, 1.82) is 0 Å². The topological polar surface area (TPSA) is 32.3 Å². The molecule has 6 heteroatoms. The number of thioether (sulfide) groups is 1. The summed E-state index contributed by atoms with van der Waals surface area (Å²) in [6.45, 7) is 9.11. The molecule has 1 aromatic heterocycles.